The Morgan fingerprint density at radius 1 is 1.15 bits per heavy atom. The van der Waals surface area contributed by atoms with Crippen LogP contribution >= 0.6 is 0 Å². The van der Waals surface area contributed by atoms with Gasteiger partial charge >= 0.3 is 0 Å². The number of benzene rings is 2. The molecule has 0 amide bonds. The van der Waals surface area contributed by atoms with E-state index < -0.39 is 5.72 Å². The van der Waals surface area contributed by atoms with Crippen molar-refractivity contribution in [3.63, 3.8) is 0 Å². The van der Waals surface area contributed by atoms with Gasteiger partial charge in [0.25, 0.3) is 0 Å². The largest absolute Gasteiger partial charge is 0.498 e. The molecule has 0 aromatic heterocycles. The van der Waals surface area contributed by atoms with Crippen LogP contribution in [0.15, 0.2) is 70.9 Å². The minimum atomic E-state index is -0.902. The fraction of sp³-hybridized carbons (Fsp3) is 0.333. The van der Waals surface area contributed by atoms with Crippen molar-refractivity contribution in [2.24, 2.45) is 16.1 Å². The number of fused-ring (bicyclic) bond motifs is 3. The van der Waals surface area contributed by atoms with Crippen molar-refractivity contribution < 1.29 is 9.57 Å². The maximum atomic E-state index is 9.35. The SMILES string of the molecule is CN1OC2(N=C1N)c1cc(-c3cccc(C#N)c3)ccc1CC21CCOC2=C(C=CCC2)C1. The summed E-state index contributed by atoms with van der Waals surface area (Å²) in [5, 5.41) is 10.9. The van der Waals surface area contributed by atoms with Crippen LogP contribution in [-0.2, 0) is 21.7 Å². The van der Waals surface area contributed by atoms with Gasteiger partial charge in [-0.2, -0.15) is 5.26 Å². The summed E-state index contributed by atoms with van der Waals surface area (Å²) in [4.78, 5) is 11.6. The molecule has 2 aromatic carbocycles. The summed E-state index contributed by atoms with van der Waals surface area (Å²) < 4.78 is 6.22. The maximum Gasteiger partial charge on any atom is 0.221 e. The van der Waals surface area contributed by atoms with Gasteiger partial charge in [-0.1, -0.05) is 36.4 Å². The smallest absolute Gasteiger partial charge is 0.221 e. The molecule has 0 bridgehead atoms. The summed E-state index contributed by atoms with van der Waals surface area (Å²) in [7, 11) is 1.82. The molecule has 2 aliphatic heterocycles. The summed E-state index contributed by atoms with van der Waals surface area (Å²) in [5.41, 5.74) is 11.3. The predicted molar refractivity (Wildman–Crippen MR) is 125 cm³/mol. The lowest BCUT2D eigenvalue weighted by Crippen LogP contribution is -2.44. The summed E-state index contributed by atoms with van der Waals surface area (Å²) >= 11 is 0. The average Bonchev–Trinajstić information content (AvgIpc) is 3.18. The zero-order chi connectivity index (χ0) is 22.6. The van der Waals surface area contributed by atoms with Crippen molar-refractivity contribution in [1.82, 2.24) is 5.06 Å². The van der Waals surface area contributed by atoms with Gasteiger partial charge in [0.2, 0.25) is 11.7 Å². The fourth-order valence-corrected chi connectivity index (χ4v) is 5.86. The zero-order valence-corrected chi connectivity index (χ0v) is 18.7. The Morgan fingerprint density at radius 2 is 2.03 bits per heavy atom. The number of ether oxygens (including phenoxy) is 1. The Hall–Kier alpha value is -3.56. The number of allylic oxidation sites excluding steroid dienone is 4. The average molecular weight is 439 g/mol. The highest BCUT2D eigenvalue weighted by Gasteiger charge is 2.63. The van der Waals surface area contributed by atoms with Crippen LogP contribution in [0.25, 0.3) is 11.1 Å². The highest BCUT2D eigenvalue weighted by molar-refractivity contribution is 5.79. The van der Waals surface area contributed by atoms with E-state index in [0.717, 1.165) is 54.6 Å². The van der Waals surface area contributed by atoms with Crippen LogP contribution in [0.5, 0.6) is 0 Å². The molecular formula is C27H26N4O2. The third-order valence-electron chi connectivity index (χ3n) is 7.51. The minimum Gasteiger partial charge on any atom is -0.498 e. The molecule has 0 saturated heterocycles. The number of nitriles is 1. The second kappa shape index (κ2) is 7.23. The summed E-state index contributed by atoms with van der Waals surface area (Å²) in [6.07, 6.45) is 8.92. The lowest BCUT2D eigenvalue weighted by molar-refractivity contribution is -0.224. The molecule has 2 heterocycles. The van der Waals surface area contributed by atoms with Crippen molar-refractivity contribution in [3.05, 3.63) is 82.6 Å². The molecule has 2 aromatic rings. The lowest BCUT2D eigenvalue weighted by atomic mass is 9.70. The first-order valence-corrected chi connectivity index (χ1v) is 11.5. The summed E-state index contributed by atoms with van der Waals surface area (Å²) in [6, 6.07) is 16.4. The van der Waals surface area contributed by atoms with E-state index in [1.807, 2.05) is 31.3 Å². The molecule has 6 nitrogen and oxygen atoms in total. The third-order valence-corrected chi connectivity index (χ3v) is 7.51. The topological polar surface area (TPSA) is 83.9 Å². The van der Waals surface area contributed by atoms with Crippen LogP contribution in [-0.4, -0.2) is 24.7 Å². The monoisotopic (exact) mass is 438 g/mol. The van der Waals surface area contributed by atoms with E-state index >= 15 is 0 Å². The van der Waals surface area contributed by atoms with Gasteiger partial charge in [0, 0.05) is 24.4 Å². The normalized spacial score (nSPS) is 27.8. The van der Waals surface area contributed by atoms with Crippen LogP contribution in [0.4, 0.5) is 0 Å². The molecule has 0 fully saturated rings. The highest BCUT2D eigenvalue weighted by atomic mass is 16.7. The number of nitrogens with zero attached hydrogens (tertiary/aromatic N) is 3. The van der Waals surface area contributed by atoms with Crippen molar-refractivity contribution in [2.45, 2.75) is 37.8 Å². The van der Waals surface area contributed by atoms with E-state index in [9.17, 15) is 5.26 Å². The standard InChI is InChI=1S/C27H26N4O2/c1-31-25(29)30-27(33-31)23-14-20(19-7-4-5-18(13-19)17-28)9-10-21(23)15-26(27)11-12-32-24-8-3-2-6-22(24)16-26/h2,4-7,9-10,13-14H,3,8,11-12,15-16H2,1H3,(H2,29,30). The second-order valence-electron chi connectivity index (χ2n) is 9.39. The predicted octanol–water partition coefficient (Wildman–Crippen LogP) is 4.53. The number of rotatable bonds is 1. The van der Waals surface area contributed by atoms with Crippen LogP contribution in [0.1, 0.15) is 42.4 Å². The number of hydrogen-bond acceptors (Lipinski definition) is 6. The molecular weight excluding hydrogens is 412 g/mol. The molecule has 33 heavy (non-hydrogen) atoms. The van der Waals surface area contributed by atoms with Gasteiger partial charge in [0.05, 0.1) is 24.0 Å². The van der Waals surface area contributed by atoms with Gasteiger partial charge in [-0.25, -0.2) is 14.9 Å². The first kappa shape index (κ1) is 20.1. The summed E-state index contributed by atoms with van der Waals surface area (Å²) in [6.45, 7) is 0.641. The van der Waals surface area contributed by atoms with Crippen LogP contribution in [0, 0.1) is 16.7 Å². The number of aliphatic imine (C=N–C) groups is 1. The first-order valence-electron chi connectivity index (χ1n) is 11.5. The van der Waals surface area contributed by atoms with Gasteiger partial charge < -0.3 is 10.5 Å². The van der Waals surface area contributed by atoms with Crippen molar-refractivity contribution in [1.29, 1.82) is 5.26 Å². The van der Waals surface area contributed by atoms with Crippen LogP contribution in [0.2, 0.25) is 0 Å². The molecule has 166 valence electrons. The van der Waals surface area contributed by atoms with E-state index in [4.69, 9.17) is 20.3 Å². The Labute approximate surface area is 193 Å². The quantitative estimate of drug-likeness (QED) is 0.707. The van der Waals surface area contributed by atoms with E-state index in [-0.39, 0.29) is 5.41 Å². The van der Waals surface area contributed by atoms with E-state index in [0.29, 0.717) is 18.1 Å². The van der Waals surface area contributed by atoms with Gasteiger partial charge in [-0.3, -0.25) is 0 Å². The van der Waals surface area contributed by atoms with Gasteiger partial charge in [-0.05, 0) is 66.1 Å². The second-order valence-corrected chi connectivity index (χ2v) is 9.39. The first-order chi connectivity index (χ1) is 16.0. The molecule has 2 unspecified atom stereocenters. The molecule has 6 heteroatoms. The molecule has 2 N–H and O–H groups in total. The maximum absolute atomic E-state index is 9.35. The number of nitrogens with two attached hydrogens (primary N) is 1. The van der Waals surface area contributed by atoms with E-state index in [2.05, 4.69) is 36.4 Å². The highest BCUT2D eigenvalue weighted by Crippen LogP contribution is 2.61. The number of hydroxylamine groups is 2. The number of hydrogen-bond donors (Lipinski definition) is 1. The van der Waals surface area contributed by atoms with Gasteiger partial charge in [-0.15, -0.1) is 0 Å². The molecule has 2 spiro atoms. The molecule has 4 aliphatic rings. The van der Waals surface area contributed by atoms with Gasteiger partial charge in [0.1, 0.15) is 0 Å². The Kier molecular flexibility index (Phi) is 4.40. The molecule has 2 aliphatic carbocycles. The lowest BCUT2D eigenvalue weighted by Gasteiger charge is -2.40. The third kappa shape index (κ3) is 2.93. The van der Waals surface area contributed by atoms with Crippen molar-refractivity contribution in [2.75, 3.05) is 13.7 Å². The van der Waals surface area contributed by atoms with Crippen LogP contribution in [0.3, 0.4) is 0 Å². The molecule has 0 saturated carbocycles. The zero-order valence-electron chi connectivity index (χ0n) is 18.7. The Bertz CT molecular complexity index is 1290. The fourth-order valence-electron chi connectivity index (χ4n) is 5.86. The van der Waals surface area contributed by atoms with Crippen molar-refractivity contribution in [3.8, 4) is 17.2 Å². The van der Waals surface area contributed by atoms with E-state index in [1.165, 1.54) is 11.1 Å². The molecule has 6 rings (SSSR count). The van der Waals surface area contributed by atoms with Crippen LogP contribution < -0.4 is 5.73 Å². The Morgan fingerprint density at radius 3 is 2.85 bits per heavy atom. The molecule has 0 radical (unpaired) electrons. The molecule has 2 atom stereocenters. The number of guanidine groups is 1. The van der Waals surface area contributed by atoms with Crippen molar-refractivity contribution >= 4 is 5.96 Å². The van der Waals surface area contributed by atoms with E-state index in [1.54, 1.807) is 5.06 Å². The Balaban J connectivity index is 1.51. The van der Waals surface area contributed by atoms with Gasteiger partial charge in [0.15, 0.2) is 0 Å². The summed E-state index contributed by atoms with van der Waals surface area (Å²) in [5.74, 6) is 1.50. The minimum absolute atomic E-state index is 0.295.